The average Bonchev–Trinajstić information content (AvgIpc) is 2.92. The summed E-state index contributed by atoms with van der Waals surface area (Å²) in [6.45, 7) is 2.58. The van der Waals surface area contributed by atoms with Crippen molar-refractivity contribution in [2.24, 2.45) is 0 Å². The van der Waals surface area contributed by atoms with Crippen molar-refractivity contribution in [2.45, 2.75) is 11.8 Å². The molecule has 0 unspecified atom stereocenters. The molecule has 4 aromatic rings. The second-order valence-corrected chi connectivity index (χ2v) is 9.96. The van der Waals surface area contributed by atoms with E-state index >= 15 is 0 Å². The molecule has 3 aromatic carbocycles. The van der Waals surface area contributed by atoms with Crippen LogP contribution in [0.2, 0.25) is 0 Å². The lowest BCUT2D eigenvalue weighted by Crippen LogP contribution is -2.46. The molecule has 37 heavy (non-hydrogen) atoms. The first-order valence-corrected chi connectivity index (χ1v) is 13.2. The molecule has 0 atom stereocenters. The molecule has 0 bridgehead atoms. The Kier molecular flexibility index (Phi) is 6.49. The van der Waals surface area contributed by atoms with Crippen molar-refractivity contribution in [2.75, 3.05) is 34.2 Å². The molecule has 0 spiro atoms. The predicted octanol–water partition coefficient (Wildman–Crippen LogP) is 4.66. The molecule has 10 heteroatoms. The molecule has 9 nitrogen and oxygen atoms in total. The van der Waals surface area contributed by atoms with Gasteiger partial charge < -0.3 is 9.64 Å². The van der Waals surface area contributed by atoms with Crippen molar-refractivity contribution in [1.29, 1.82) is 0 Å². The van der Waals surface area contributed by atoms with Gasteiger partial charge in [-0.2, -0.15) is 0 Å². The first kappa shape index (κ1) is 24.3. The number of hydrogen-bond donors (Lipinski definition) is 1. The Bertz CT molecular complexity index is 1580. The van der Waals surface area contributed by atoms with Gasteiger partial charge in [0.25, 0.3) is 15.9 Å². The zero-order valence-electron chi connectivity index (χ0n) is 20.0. The van der Waals surface area contributed by atoms with Crippen molar-refractivity contribution < 1.29 is 22.7 Å². The Balaban J connectivity index is 1.37. The van der Waals surface area contributed by atoms with Crippen LogP contribution in [-0.4, -0.2) is 45.1 Å². The third-order valence-corrected chi connectivity index (χ3v) is 7.43. The van der Waals surface area contributed by atoms with E-state index in [0.717, 1.165) is 5.39 Å². The molecule has 1 aliphatic heterocycles. The van der Waals surface area contributed by atoms with Crippen LogP contribution in [0.1, 0.15) is 17.3 Å². The maximum Gasteiger partial charge on any atom is 0.414 e. The van der Waals surface area contributed by atoms with Gasteiger partial charge in [-0.1, -0.05) is 30.3 Å². The molecule has 0 saturated heterocycles. The lowest BCUT2D eigenvalue weighted by molar-refractivity contribution is 0.0985. The average molecular weight is 517 g/mol. The fourth-order valence-corrected chi connectivity index (χ4v) is 5.54. The van der Waals surface area contributed by atoms with Crippen LogP contribution in [0.4, 0.5) is 21.9 Å². The summed E-state index contributed by atoms with van der Waals surface area (Å²) in [4.78, 5) is 33.2. The number of anilines is 3. The molecule has 0 radical (unpaired) electrons. The third kappa shape index (κ3) is 4.70. The second-order valence-electron chi connectivity index (χ2n) is 8.31. The summed E-state index contributed by atoms with van der Waals surface area (Å²) in [7, 11) is -3.91. The number of aromatic nitrogens is 1. The smallest absolute Gasteiger partial charge is 0.414 e. The molecule has 2 amide bonds. The van der Waals surface area contributed by atoms with Gasteiger partial charge in [-0.25, -0.2) is 13.2 Å². The summed E-state index contributed by atoms with van der Waals surface area (Å²) in [5.74, 6) is -0.261. The first-order chi connectivity index (χ1) is 17.9. The van der Waals surface area contributed by atoms with Gasteiger partial charge in [-0.15, -0.1) is 0 Å². The van der Waals surface area contributed by atoms with Gasteiger partial charge in [-0.3, -0.25) is 19.4 Å². The van der Waals surface area contributed by atoms with Gasteiger partial charge >= 0.3 is 6.09 Å². The number of hydrogen-bond acceptors (Lipinski definition) is 6. The number of benzene rings is 3. The first-order valence-electron chi connectivity index (χ1n) is 11.7. The Labute approximate surface area is 214 Å². The Morgan fingerprint density at radius 2 is 1.57 bits per heavy atom. The topological polar surface area (TPSA) is 109 Å². The van der Waals surface area contributed by atoms with Crippen LogP contribution in [0, 0.1) is 0 Å². The summed E-state index contributed by atoms with van der Waals surface area (Å²) in [6, 6.07) is 21.9. The van der Waals surface area contributed by atoms with E-state index in [0.29, 0.717) is 34.7 Å². The maximum atomic E-state index is 13.4. The zero-order valence-corrected chi connectivity index (χ0v) is 20.8. The highest BCUT2D eigenvalue weighted by atomic mass is 32.2. The Morgan fingerprint density at radius 3 is 2.30 bits per heavy atom. The molecular weight excluding hydrogens is 492 g/mol. The highest BCUT2D eigenvalue weighted by molar-refractivity contribution is 7.93. The standard InChI is InChI=1S/C27H24N4O5S/c1-2-36-27(33)31-18-17-30(22-9-3-4-10-23(22)31)26(32)20-12-14-21(15-13-20)29-37(34,35)24-11-5-7-19-8-6-16-28-25(19)24/h3-16,29H,2,17-18H2,1H3. The van der Waals surface area contributed by atoms with Gasteiger partial charge in [0.15, 0.2) is 0 Å². The van der Waals surface area contributed by atoms with E-state index in [1.807, 2.05) is 0 Å². The van der Waals surface area contributed by atoms with Crippen molar-refractivity contribution >= 4 is 50.0 Å². The number of nitrogens with zero attached hydrogens (tertiary/aromatic N) is 3. The normalized spacial score (nSPS) is 13.2. The lowest BCUT2D eigenvalue weighted by Gasteiger charge is -2.35. The number of rotatable bonds is 5. The van der Waals surface area contributed by atoms with E-state index < -0.39 is 16.1 Å². The summed E-state index contributed by atoms with van der Waals surface area (Å²) in [5.41, 5.74) is 2.27. The molecule has 5 rings (SSSR count). The van der Waals surface area contributed by atoms with E-state index in [9.17, 15) is 18.0 Å². The summed E-state index contributed by atoms with van der Waals surface area (Å²) in [5, 5.41) is 0.717. The quantitative estimate of drug-likeness (QED) is 0.413. The summed E-state index contributed by atoms with van der Waals surface area (Å²) in [6.07, 6.45) is 1.09. The molecule has 2 heterocycles. The van der Waals surface area contributed by atoms with Crippen molar-refractivity contribution in [3.8, 4) is 0 Å². The van der Waals surface area contributed by atoms with Crippen molar-refractivity contribution in [1.82, 2.24) is 4.98 Å². The van der Waals surface area contributed by atoms with Crippen LogP contribution in [0.3, 0.4) is 0 Å². The zero-order chi connectivity index (χ0) is 26.0. The van der Waals surface area contributed by atoms with Gasteiger partial charge in [0.05, 0.1) is 23.5 Å². The number of fused-ring (bicyclic) bond motifs is 2. The van der Waals surface area contributed by atoms with Crippen LogP contribution in [0.25, 0.3) is 10.9 Å². The third-order valence-electron chi connectivity index (χ3n) is 6.01. The highest BCUT2D eigenvalue weighted by Gasteiger charge is 2.31. The van der Waals surface area contributed by atoms with E-state index in [4.69, 9.17) is 4.74 Å². The van der Waals surface area contributed by atoms with Crippen molar-refractivity contribution in [3.63, 3.8) is 0 Å². The van der Waals surface area contributed by atoms with Crippen molar-refractivity contribution in [3.05, 3.63) is 90.6 Å². The minimum Gasteiger partial charge on any atom is -0.449 e. The molecule has 188 valence electrons. The monoisotopic (exact) mass is 516 g/mol. The van der Waals surface area contributed by atoms with E-state index in [-0.39, 0.29) is 24.0 Å². The van der Waals surface area contributed by atoms with Gasteiger partial charge in [0.1, 0.15) is 4.90 Å². The number of sulfonamides is 1. The Hall–Kier alpha value is -4.44. The lowest BCUT2D eigenvalue weighted by atomic mass is 10.1. The summed E-state index contributed by atoms with van der Waals surface area (Å²) >= 11 is 0. The van der Waals surface area contributed by atoms with Crippen LogP contribution in [0.5, 0.6) is 0 Å². The van der Waals surface area contributed by atoms with E-state index in [1.54, 1.807) is 90.8 Å². The van der Waals surface area contributed by atoms with E-state index in [2.05, 4.69) is 9.71 Å². The predicted molar refractivity (Wildman–Crippen MR) is 141 cm³/mol. The number of ether oxygens (including phenoxy) is 1. The van der Waals surface area contributed by atoms with Gasteiger partial charge in [0.2, 0.25) is 0 Å². The second kappa shape index (κ2) is 9.90. The van der Waals surface area contributed by atoms with Gasteiger partial charge in [0, 0.05) is 35.9 Å². The van der Waals surface area contributed by atoms with Gasteiger partial charge in [-0.05, 0) is 55.5 Å². The molecule has 0 aliphatic carbocycles. The highest BCUT2D eigenvalue weighted by Crippen LogP contribution is 2.34. The fourth-order valence-electron chi connectivity index (χ4n) is 4.30. The number of carbonyl (C=O) groups is 2. The van der Waals surface area contributed by atoms with Crippen LogP contribution >= 0.6 is 0 Å². The number of pyridine rings is 1. The molecular formula is C27H24N4O5S. The molecule has 1 N–H and O–H groups in total. The SMILES string of the molecule is CCOC(=O)N1CCN(C(=O)c2ccc(NS(=O)(=O)c3cccc4cccnc34)cc2)c2ccccc21. The molecule has 0 saturated carbocycles. The number of para-hydroxylation sites is 3. The van der Waals surface area contributed by atoms with Crippen LogP contribution in [0.15, 0.2) is 90.0 Å². The largest absolute Gasteiger partial charge is 0.449 e. The number of carbonyl (C=O) groups excluding carboxylic acids is 2. The maximum absolute atomic E-state index is 13.4. The van der Waals surface area contributed by atoms with E-state index in [1.165, 1.54) is 11.0 Å². The minimum absolute atomic E-state index is 0.0711. The molecule has 1 aromatic heterocycles. The molecule has 0 fully saturated rings. The molecule has 1 aliphatic rings. The fraction of sp³-hybridized carbons (Fsp3) is 0.148. The summed E-state index contributed by atoms with van der Waals surface area (Å²) < 4.78 is 33.9. The number of nitrogens with one attached hydrogen (secondary N) is 1. The Morgan fingerprint density at radius 1 is 0.892 bits per heavy atom. The number of amides is 2. The van der Waals surface area contributed by atoms with Crippen LogP contribution in [-0.2, 0) is 14.8 Å². The minimum atomic E-state index is -3.91. The van der Waals surface area contributed by atoms with Crippen LogP contribution < -0.4 is 14.5 Å².